The first-order valence-electron chi connectivity index (χ1n) is 5.69. The number of alkyl halides is 3. The standard InChI is InChI=1S/C12H10F3N3O4/c1-4-11(2,3)16-10-8(17(19)20)5-7(12(13,14)15)6-9(10)18(21)22/h1,5-6,16H,2-3H3. The quantitative estimate of drug-likeness (QED) is 0.521. The molecule has 0 unspecified atom stereocenters. The van der Waals surface area contributed by atoms with Crippen LogP contribution in [-0.4, -0.2) is 15.4 Å². The fraction of sp³-hybridized carbons (Fsp3) is 0.333. The molecule has 0 aliphatic heterocycles. The minimum atomic E-state index is -4.96. The smallest absolute Gasteiger partial charge is 0.358 e. The Hall–Kier alpha value is -2.83. The highest BCUT2D eigenvalue weighted by Gasteiger charge is 2.38. The maximum Gasteiger partial charge on any atom is 0.416 e. The fourth-order valence-corrected chi connectivity index (χ4v) is 1.54. The van der Waals surface area contributed by atoms with Crippen molar-refractivity contribution in [3.05, 3.63) is 37.9 Å². The van der Waals surface area contributed by atoms with E-state index in [1.165, 1.54) is 13.8 Å². The number of hydrogen-bond acceptors (Lipinski definition) is 5. The van der Waals surface area contributed by atoms with Gasteiger partial charge in [0.15, 0.2) is 5.69 Å². The molecular formula is C12H10F3N3O4. The molecule has 0 amide bonds. The monoisotopic (exact) mass is 317 g/mol. The molecule has 0 atom stereocenters. The van der Waals surface area contributed by atoms with Crippen molar-refractivity contribution in [1.82, 2.24) is 0 Å². The summed E-state index contributed by atoms with van der Waals surface area (Å²) in [6.07, 6.45) is 0.211. The van der Waals surface area contributed by atoms with Crippen molar-refractivity contribution in [2.75, 3.05) is 5.32 Å². The van der Waals surface area contributed by atoms with Gasteiger partial charge in [0.25, 0.3) is 11.4 Å². The number of anilines is 1. The molecule has 22 heavy (non-hydrogen) atoms. The van der Waals surface area contributed by atoms with Gasteiger partial charge in [-0.25, -0.2) is 0 Å². The van der Waals surface area contributed by atoms with Gasteiger partial charge in [-0.2, -0.15) is 13.2 Å². The summed E-state index contributed by atoms with van der Waals surface area (Å²) in [6, 6.07) is 0.448. The van der Waals surface area contributed by atoms with Crippen LogP contribution in [-0.2, 0) is 6.18 Å². The number of nitro groups is 2. The molecule has 0 radical (unpaired) electrons. The van der Waals surface area contributed by atoms with E-state index in [1.54, 1.807) is 0 Å². The van der Waals surface area contributed by atoms with E-state index >= 15 is 0 Å². The molecule has 0 fully saturated rings. The Balaban J connectivity index is 3.70. The van der Waals surface area contributed by atoms with E-state index in [4.69, 9.17) is 6.42 Å². The Bertz CT molecular complexity index is 642. The van der Waals surface area contributed by atoms with Crippen molar-refractivity contribution in [3.63, 3.8) is 0 Å². The first-order chi connectivity index (χ1) is 9.89. The van der Waals surface area contributed by atoms with Gasteiger partial charge in [-0.3, -0.25) is 20.2 Å². The van der Waals surface area contributed by atoms with Crippen molar-refractivity contribution in [2.45, 2.75) is 25.6 Å². The van der Waals surface area contributed by atoms with Gasteiger partial charge in [0, 0.05) is 12.1 Å². The van der Waals surface area contributed by atoms with Gasteiger partial charge < -0.3 is 5.32 Å². The van der Waals surface area contributed by atoms with E-state index in [2.05, 4.69) is 11.2 Å². The van der Waals surface area contributed by atoms with Crippen LogP contribution in [0.2, 0.25) is 0 Å². The Kier molecular flexibility index (Phi) is 4.32. The fourth-order valence-electron chi connectivity index (χ4n) is 1.54. The SMILES string of the molecule is C#CC(C)(C)Nc1c([N+](=O)[O-])cc(C(F)(F)F)cc1[N+](=O)[O-]. The number of halogens is 3. The normalized spacial score (nSPS) is 11.6. The van der Waals surface area contributed by atoms with Crippen molar-refractivity contribution >= 4 is 17.1 Å². The molecule has 0 saturated heterocycles. The molecule has 1 rings (SSSR count). The number of terminal acetylenes is 1. The van der Waals surface area contributed by atoms with E-state index in [1.807, 2.05) is 0 Å². The minimum Gasteiger partial charge on any atom is -0.358 e. The first-order valence-corrected chi connectivity index (χ1v) is 5.69. The summed E-state index contributed by atoms with van der Waals surface area (Å²) >= 11 is 0. The van der Waals surface area contributed by atoms with Gasteiger partial charge in [-0.1, -0.05) is 5.92 Å². The second kappa shape index (κ2) is 5.51. The Morgan fingerprint density at radius 3 is 1.82 bits per heavy atom. The van der Waals surface area contributed by atoms with Gasteiger partial charge in [0.2, 0.25) is 0 Å². The predicted molar refractivity (Wildman–Crippen MR) is 71.3 cm³/mol. The van der Waals surface area contributed by atoms with Crippen LogP contribution >= 0.6 is 0 Å². The molecule has 0 saturated carbocycles. The highest BCUT2D eigenvalue weighted by Crippen LogP contribution is 2.42. The van der Waals surface area contributed by atoms with Crippen LogP contribution < -0.4 is 5.32 Å². The zero-order valence-electron chi connectivity index (χ0n) is 11.4. The molecule has 1 aromatic rings. The number of rotatable bonds is 4. The number of benzene rings is 1. The summed E-state index contributed by atoms with van der Waals surface area (Å²) in [7, 11) is 0. The lowest BCUT2D eigenvalue weighted by Gasteiger charge is -2.21. The third kappa shape index (κ3) is 3.63. The van der Waals surface area contributed by atoms with E-state index in [0.29, 0.717) is 0 Å². The van der Waals surface area contributed by atoms with Crippen molar-refractivity contribution < 1.29 is 23.0 Å². The van der Waals surface area contributed by atoms with E-state index in [-0.39, 0.29) is 12.1 Å². The van der Waals surface area contributed by atoms with E-state index in [9.17, 15) is 33.4 Å². The third-order valence-corrected chi connectivity index (χ3v) is 2.62. The lowest BCUT2D eigenvalue weighted by Crippen LogP contribution is -2.29. The summed E-state index contributed by atoms with van der Waals surface area (Å²) in [5.74, 6) is 2.19. The average Bonchev–Trinajstić information content (AvgIpc) is 2.36. The molecule has 10 heteroatoms. The largest absolute Gasteiger partial charge is 0.416 e. The third-order valence-electron chi connectivity index (χ3n) is 2.62. The van der Waals surface area contributed by atoms with Crippen LogP contribution in [0, 0.1) is 32.6 Å². The molecule has 0 aliphatic rings. The number of nitro benzene ring substituents is 2. The van der Waals surface area contributed by atoms with Gasteiger partial charge in [-0.05, 0) is 13.8 Å². The molecule has 0 spiro atoms. The summed E-state index contributed by atoms with van der Waals surface area (Å²) in [5.41, 5.74) is -5.56. The van der Waals surface area contributed by atoms with Gasteiger partial charge >= 0.3 is 6.18 Å². The molecule has 0 aromatic heterocycles. The summed E-state index contributed by atoms with van der Waals surface area (Å²) in [5, 5.41) is 24.3. The highest BCUT2D eigenvalue weighted by molar-refractivity contribution is 5.76. The number of hydrogen-bond donors (Lipinski definition) is 1. The highest BCUT2D eigenvalue weighted by atomic mass is 19.4. The van der Waals surface area contributed by atoms with Crippen LogP contribution in [0.25, 0.3) is 0 Å². The first kappa shape index (κ1) is 17.2. The van der Waals surface area contributed by atoms with Crippen molar-refractivity contribution in [3.8, 4) is 12.3 Å². The summed E-state index contributed by atoms with van der Waals surface area (Å²) in [6.45, 7) is 2.77. The molecule has 0 heterocycles. The molecule has 118 valence electrons. The van der Waals surface area contributed by atoms with Gasteiger partial charge in [0.1, 0.15) is 0 Å². The van der Waals surface area contributed by atoms with Crippen molar-refractivity contribution in [1.29, 1.82) is 0 Å². The number of nitrogens with one attached hydrogen (secondary N) is 1. The van der Waals surface area contributed by atoms with Crippen molar-refractivity contribution in [2.24, 2.45) is 0 Å². The summed E-state index contributed by atoms with van der Waals surface area (Å²) < 4.78 is 38.1. The molecule has 0 bridgehead atoms. The Labute approximate surface area is 122 Å². The topological polar surface area (TPSA) is 98.3 Å². The second-order valence-corrected chi connectivity index (χ2v) is 4.80. The molecule has 7 nitrogen and oxygen atoms in total. The Morgan fingerprint density at radius 1 is 1.14 bits per heavy atom. The van der Waals surface area contributed by atoms with Crippen LogP contribution in [0.3, 0.4) is 0 Å². The van der Waals surface area contributed by atoms with Crippen LogP contribution in [0.1, 0.15) is 19.4 Å². The maximum absolute atomic E-state index is 12.7. The zero-order chi connectivity index (χ0) is 17.3. The predicted octanol–water partition coefficient (Wildman–Crippen LogP) is 3.35. The molecule has 0 aliphatic carbocycles. The zero-order valence-corrected chi connectivity index (χ0v) is 11.4. The van der Waals surface area contributed by atoms with Gasteiger partial charge in [-0.15, -0.1) is 6.42 Å². The Morgan fingerprint density at radius 2 is 1.55 bits per heavy atom. The molecular weight excluding hydrogens is 307 g/mol. The maximum atomic E-state index is 12.7. The van der Waals surface area contributed by atoms with E-state index < -0.39 is 44.2 Å². The minimum absolute atomic E-state index is 0.224. The lowest BCUT2D eigenvalue weighted by atomic mass is 10.0. The average molecular weight is 317 g/mol. The molecule has 1 aromatic carbocycles. The van der Waals surface area contributed by atoms with Crippen LogP contribution in [0.5, 0.6) is 0 Å². The van der Waals surface area contributed by atoms with E-state index in [0.717, 1.165) is 0 Å². The second-order valence-electron chi connectivity index (χ2n) is 4.80. The lowest BCUT2D eigenvalue weighted by molar-refractivity contribution is -0.392. The van der Waals surface area contributed by atoms with Crippen LogP contribution in [0.4, 0.5) is 30.2 Å². The van der Waals surface area contributed by atoms with Gasteiger partial charge in [0.05, 0.1) is 20.9 Å². The summed E-state index contributed by atoms with van der Waals surface area (Å²) in [4.78, 5) is 19.7. The van der Waals surface area contributed by atoms with Crippen LogP contribution in [0.15, 0.2) is 12.1 Å². The number of nitrogens with zero attached hydrogens (tertiary/aromatic N) is 2. The molecule has 1 N–H and O–H groups in total.